The largest absolute Gasteiger partial charge is 0.316 e. The van der Waals surface area contributed by atoms with Crippen LogP contribution in [0.15, 0.2) is 0 Å². The summed E-state index contributed by atoms with van der Waals surface area (Å²) < 4.78 is 0. The predicted molar refractivity (Wildman–Crippen MR) is 128 cm³/mol. The van der Waals surface area contributed by atoms with Gasteiger partial charge in [0.15, 0.2) is 0 Å². The molecule has 0 amide bonds. The average Bonchev–Trinajstić information content (AvgIpc) is 2.30. The molecule has 0 saturated carbocycles. The molecule has 0 heterocycles. The summed E-state index contributed by atoms with van der Waals surface area (Å²) in [5.41, 5.74) is 2.14. The van der Waals surface area contributed by atoms with Crippen LogP contribution in [-0.4, -0.2) is 0 Å². The van der Waals surface area contributed by atoms with E-state index in [2.05, 4.69) is 118 Å². The van der Waals surface area contributed by atoms with Crippen molar-refractivity contribution >= 4 is 0 Å². The molecule has 0 spiro atoms. The van der Waals surface area contributed by atoms with E-state index in [0.717, 1.165) is 5.92 Å². The van der Waals surface area contributed by atoms with Crippen LogP contribution in [0.2, 0.25) is 0 Å². The zero-order valence-electron chi connectivity index (χ0n) is 24.9. The normalized spacial score (nSPS) is 14.5. The zero-order chi connectivity index (χ0) is 22.6. The van der Waals surface area contributed by atoms with Gasteiger partial charge in [0.05, 0.1) is 0 Å². The minimum absolute atomic E-state index is 0. The first-order valence-corrected chi connectivity index (χ1v) is 11.2. The second-order valence-electron chi connectivity index (χ2n) is 14.3. The standard InChI is InChI=1S/C14H30.C13H27.4Y/c1-11(13(5,6)7)14(8,9)10-12(2,3)4;1-10(2)11(3)13(7,8)9-12(4,5)6;;;;/h11H,10H2,1-9H3;11H,9H2,1-8H3;;;;/q;-1;;;;. The third-order valence-corrected chi connectivity index (χ3v) is 6.48. The van der Waals surface area contributed by atoms with Gasteiger partial charge in [-0.25, -0.2) is 0 Å². The van der Waals surface area contributed by atoms with Crippen molar-refractivity contribution in [3.05, 3.63) is 5.92 Å². The van der Waals surface area contributed by atoms with E-state index < -0.39 is 0 Å². The Morgan fingerprint density at radius 3 is 0.968 bits per heavy atom. The van der Waals surface area contributed by atoms with E-state index in [4.69, 9.17) is 0 Å². The Labute approximate surface area is 301 Å². The first kappa shape index (κ1) is 48.5. The second kappa shape index (κ2) is 18.6. The Hall–Kier alpha value is 4.42. The Morgan fingerprint density at radius 1 is 0.516 bits per heavy atom. The quantitative estimate of drug-likeness (QED) is 0.247. The summed E-state index contributed by atoms with van der Waals surface area (Å²) in [4.78, 5) is 0. The van der Waals surface area contributed by atoms with E-state index in [0.29, 0.717) is 33.0 Å². The van der Waals surface area contributed by atoms with E-state index >= 15 is 0 Å². The van der Waals surface area contributed by atoms with Gasteiger partial charge in [-0.2, -0.15) is 19.8 Å². The van der Waals surface area contributed by atoms with Gasteiger partial charge >= 0.3 is 0 Å². The van der Waals surface area contributed by atoms with Crippen LogP contribution in [0.4, 0.5) is 0 Å². The molecule has 178 valence electrons. The maximum absolute atomic E-state index is 2.41. The molecule has 0 fully saturated rings. The molecular formula is C27H57Y4-. The van der Waals surface area contributed by atoms with Crippen molar-refractivity contribution in [3.63, 3.8) is 0 Å². The predicted octanol–water partition coefficient (Wildman–Crippen LogP) is 9.82. The van der Waals surface area contributed by atoms with E-state index in [-0.39, 0.29) is 131 Å². The summed E-state index contributed by atoms with van der Waals surface area (Å²) in [6.45, 7) is 39.9. The molecule has 4 radical (unpaired) electrons. The van der Waals surface area contributed by atoms with Crippen molar-refractivity contribution in [2.45, 2.75) is 131 Å². The zero-order valence-corrected chi connectivity index (χ0v) is 36.2. The Morgan fingerprint density at radius 2 is 0.774 bits per heavy atom. The van der Waals surface area contributed by atoms with Crippen LogP contribution in [-0.2, 0) is 131 Å². The average molecular weight is 737 g/mol. The van der Waals surface area contributed by atoms with Gasteiger partial charge in [-0.1, -0.05) is 109 Å². The van der Waals surface area contributed by atoms with E-state index in [1.54, 1.807) is 5.92 Å². The number of hydrogen-bond donors (Lipinski definition) is 0. The molecule has 0 saturated heterocycles. The molecule has 2 atom stereocenters. The molecule has 0 rings (SSSR count). The second-order valence-corrected chi connectivity index (χ2v) is 14.3. The van der Waals surface area contributed by atoms with Gasteiger partial charge in [-0.05, 0) is 40.4 Å². The van der Waals surface area contributed by atoms with Gasteiger partial charge < -0.3 is 5.92 Å². The van der Waals surface area contributed by atoms with Crippen molar-refractivity contribution in [2.75, 3.05) is 0 Å². The van der Waals surface area contributed by atoms with Crippen molar-refractivity contribution in [1.82, 2.24) is 0 Å². The summed E-state index contributed by atoms with van der Waals surface area (Å²) in [7, 11) is 0. The molecule has 0 aromatic rings. The van der Waals surface area contributed by atoms with Gasteiger partial charge in [0, 0.05) is 131 Å². The first-order valence-electron chi connectivity index (χ1n) is 11.2. The van der Waals surface area contributed by atoms with Crippen LogP contribution in [0.25, 0.3) is 0 Å². The molecule has 0 aromatic carbocycles. The summed E-state index contributed by atoms with van der Waals surface area (Å²) >= 11 is 0. The molecular weight excluding hydrogens is 680 g/mol. The number of rotatable bonds is 5. The monoisotopic (exact) mass is 737 g/mol. The van der Waals surface area contributed by atoms with Gasteiger partial charge in [-0.15, -0.1) is 0 Å². The molecule has 4 heteroatoms. The fourth-order valence-corrected chi connectivity index (χ4v) is 4.99. The van der Waals surface area contributed by atoms with Crippen LogP contribution in [0.5, 0.6) is 0 Å². The minimum Gasteiger partial charge on any atom is -0.316 e. The van der Waals surface area contributed by atoms with Crippen LogP contribution >= 0.6 is 0 Å². The molecule has 0 N–H and O–H groups in total. The molecule has 0 aliphatic carbocycles. The maximum atomic E-state index is 2.41. The van der Waals surface area contributed by atoms with E-state index in [1.807, 2.05) is 0 Å². The third kappa shape index (κ3) is 24.5. The van der Waals surface area contributed by atoms with E-state index in [1.165, 1.54) is 12.8 Å². The van der Waals surface area contributed by atoms with Crippen LogP contribution in [0.1, 0.15) is 131 Å². The summed E-state index contributed by atoms with van der Waals surface area (Å²) in [5, 5.41) is 0. The molecule has 0 aliphatic rings. The van der Waals surface area contributed by atoms with Gasteiger partial charge in [0.25, 0.3) is 0 Å². The van der Waals surface area contributed by atoms with Crippen LogP contribution in [0.3, 0.4) is 0 Å². The van der Waals surface area contributed by atoms with Crippen LogP contribution in [0, 0.1) is 44.8 Å². The summed E-state index contributed by atoms with van der Waals surface area (Å²) in [6, 6.07) is 0. The summed E-state index contributed by atoms with van der Waals surface area (Å²) in [5.74, 6) is 3.01. The van der Waals surface area contributed by atoms with Crippen molar-refractivity contribution < 1.29 is 131 Å². The van der Waals surface area contributed by atoms with Gasteiger partial charge in [0.1, 0.15) is 0 Å². The first-order chi connectivity index (χ1) is 11.4. The molecule has 2 unspecified atom stereocenters. The Bertz CT molecular complexity index is 418. The van der Waals surface area contributed by atoms with Crippen LogP contribution < -0.4 is 0 Å². The Balaban J connectivity index is -0.0000000895. The van der Waals surface area contributed by atoms with Crippen molar-refractivity contribution in [1.29, 1.82) is 0 Å². The summed E-state index contributed by atoms with van der Waals surface area (Å²) in [6.07, 6.45) is 2.57. The Kier molecular flexibility index (Phi) is 29.1. The van der Waals surface area contributed by atoms with Gasteiger partial charge in [0.2, 0.25) is 0 Å². The smallest absolute Gasteiger partial charge is 0 e. The third-order valence-electron chi connectivity index (χ3n) is 6.48. The molecule has 0 aliphatic heterocycles. The van der Waals surface area contributed by atoms with E-state index in [9.17, 15) is 0 Å². The van der Waals surface area contributed by atoms with Gasteiger partial charge in [-0.3, -0.25) is 0 Å². The fraction of sp³-hybridized carbons (Fsp3) is 0.963. The van der Waals surface area contributed by atoms with Crippen molar-refractivity contribution in [3.8, 4) is 0 Å². The molecule has 0 bridgehead atoms. The molecule has 31 heavy (non-hydrogen) atoms. The minimum atomic E-state index is 0. The SMILES string of the molecule is CC(C(C)(C)C)C(C)(C)CC(C)(C)C.C[C-](C)C(C)C(C)(C)CC(C)(C)C.[Y].[Y].[Y].[Y]. The maximum Gasteiger partial charge on any atom is 0 e. The number of hydrogen-bond acceptors (Lipinski definition) is 0. The topological polar surface area (TPSA) is 0 Å². The molecule has 0 aromatic heterocycles. The fourth-order valence-electron chi connectivity index (χ4n) is 4.99. The van der Waals surface area contributed by atoms with Crippen molar-refractivity contribution in [2.24, 2.45) is 38.9 Å². The molecule has 0 nitrogen and oxygen atoms in total.